The molecular formula is C16H21NO5S. The zero-order valence-electron chi connectivity index (χ0n) is 13.2. The minimum absolute atomic E-state index is 0.0115. The number of carbonyl (C=O) groups excluding carboxylic acids is 1. The zero-order chi connectivity index (χ0) is 17.2. The first kappa shape index (κ1) is 17.5. The number of sulfone groups is 1. The van der Waals surface area contributed by atoms with Crippen LogP contribution >= 0.6 is 0 Å². The molecule has 1 aliphatic heterocycles. The minimum Gasteiger partial charge on any atom is -0.481 e. The monoisotopic (exact) mass is 339 g/mol. The number of piperidine rings is 1. The largest absolute Gasteiger partial charge is 0.481 e. The summed E-state index contributed by atoms with van der Waals surface area (Å²) in [4.78, 5) is 25.3. The molecule has 1 fully saturated rings. The van der Waals surface area contributed by atoms with Crippen LogP contribution in [0.5, 0.6) is 0 Å². The van der Waals surface area contributed by atoms with E-state index in [2.05, 4.69) is 0 Å². The lowest BCUT2D eigenvalue weighted by atomic mass is 9.97. The molecule has 1 aromatic rings. The molecule has 23 heavy (non-hydrogen) atoms. The van der Waals surface area contributed by atoms with Crippen molar-refractivity contribution in [3.05, 3.63) is 29.8 Å². The number of amides is 1. The van der Waals surface area contributed by atoms with Crippen LogP contribution in [0.4, 0.5) is 0 Å². The third-order valence-corrected chi connectivity index (χ3v) is 6.31. The Labute approximate surface area is 136 Å². The Bertz CT molecular complexity index is 711. The molecule has 0 aromatic heterocycles. The van der Waals surface area contributed by atoms with Gasteiger partial charge in [0.2, 0.25) is 0 Å². The lowest BCUT2D eigenvalue weighted by Crippen LogP contribution is -2.42. The lowest BCUT2D eigenvalue weighted by molar-refractivity contribution is -0.143. The molecule has 1 aliphatic rings. The molecular weight excluding hydrogens is 318 g/mol. The summed E-state index contributed by atoms with van der Waals surface area (Å²) in [5.41, 5.74) is 0.118. The number of aliphatic carboxylic acids is 1. The molecule has 1 atom stereocenters. The summed E-state index contributed by atoms with van der Waals surface area (Å²) in [5.74, 6) is -1.94. The van der Waals surface area contributed by atoms with Crippen LogP contribution in [0.1, 0.15) is 37.0 Å². The quantitative estimate of drug-likeness (QED) is 0.903. The first-order valence-corrected chi connectivity index (χ1v) is 9.14. The number of nitrogens with zero attached hydrogens (tertiary/aromatic N) is 1. The van der Waals surface area contributed by atoms with Crippen molar-refractivity contribution >= 4 is 21.7 Å². The lowest BCUT2D eigenvalue weighted by Gasteiger charge is -2.31. The Balaban J connectivity index is 2.36. The second-order valence-corrected chi connectivity index (χ2v) is 8.49. The number of hydrogen-bond acceptors (Lipinski definition) is 4. The van der Waals surface area contributed by atoms with Crippen molar-refractivity contribution in [3.63, 3.8) is 0 Å². The fourth-order valence-corrected chi connectivity index (χ4v) is 3.92. The van der Waals surface area contributed by atoms with Gasteiger partial charge in [-0.3, -0.25) is 9.59 Å². The van der Waals surface area contributed by atoms with Gasteiger partial charge in [0.15, 0.2) is 9.84 Å². The summed E-state index contributed by atoms with van der Waals surface area (Å²) in [5, 5.41) is 8.50. The van der Waals surface area contributed by atoms with Crippen molar-refractivity contribution < 1.29 is 23.1 Å². The Morgan fingerprint density at radius 3 is 2.52 bits per heavy atom. The molecule has 0 saturated carbocycles. The summed E-state index contributed by atoms with van der Waals surface area (Å²) in [6.45, 7) is 3.69. The van der Waals surface area contributed by atoms with Crippen LogP contribution in [0.3, 0.4) is 0 Å². The topological polar surface area (TPSA) is 91.8 Å². The zero-order valence-corrected chi connectivity index (χ0v) is 14.0. The van der Waals surface area contributed by atoms with E-state index in [4.69, 9.17) is 5.11 Å². The van der Waals surface area contributed by atoms with Crippen LogP contribution in [-0.4, -0.2) is 48.6 Å². The van der Waals surface area contributed by atoms with Crippen LogP contribution in [0.25, 0.3) is 0 Å². The number of carboxylic acids is 1. The summed E-state index contributed by atoms with van der Waals surface area (Å²) in [6.07, 6.45) is 1.13. The van der Waals surface area contributed by atoms with E-state index in [1.54, 1.807) is 26.0 Å². The molecule has 1 saturated heterocycles. The molecule has 2 rings (SSSR count). The van der Waals surface area contributed by atoms with Crippen LogP contribution in [0.2, 0.25) is 0 Å². The van der Waals surface area contributed by atoms with Crippen molar-refractivity contribution in [2.45, 2.75) is 36.8 Å². The van der Waals surface area contributed by atoms with Gasteiger partial charge in [0.25, 0.3) is 5.91 Å². The van der Waals surface area contributed by atoms with Gasteiger partial charge >= 0.3 is 5.97 Å². The summed E-state index contributed by atoms with van der Waals surface area (Å²) < 4.78 is 24.9. The predicted molar refractivity (Wildman–Crippen MR) is 85.0 cm³/mol. The SMILES string of the molecule is CC(C)S(=O)(=O)c1ccccc1C(=O)N1CCCC(C(=O)O)C1. The number of carbonyl (C=O) groups is 2. The molecule has 1 N–H and O–H groups in total. The van der Waals surface area contributed by atoms with Gasteiger partial charge in [0, 0.05) is 13.1 Å². The van der Waals surface area contributed by atoms with Crippen molar-refractivity contribution in [2.75, 3.05) is 13.1 Å². The first-order chi connectivity index (χ1) is 10.7. The number of benzene rings is 1. The van der Waals surface area contributed by atoms with E-state index in [1.165, 1.54) is 17.0 Å². The van der Waals surface area contributed by atoms with Crippen molar-refractivity contribution in [2.24, 2.45) is 5.92 Å². The van der Waals surface area contributed by atoms with Gasteiger partial charge in [-0.1, -0.05) is 12.1 Å². The van der Waals surface area contributed by atoms with Crippen LogP contribution in [-0.2, 0) is 14.6 Å². The van der Waals surface area contributed by atoms with E-state index in [0.29, 0.717) is 19.4 Å². The summed E-state index contributed by atoms with van der Waals surface area (Å²) in [7, 11) is -3.58. The van der Waals surface area contributed by atoms with Crippen molar-refractivity contribution in [3.8, 4) is 0 Å². The molecule has 1 heterocycles. The molecule has 1 aromatic carbocycles. The van der Waals surface area contributed by atoms with Gasteiger partial charge in [-0.2, -0.15) is 0 Å². The van der Waals surface area contributed by atoms with E-state index in [-0.39, 0.29) is 17.0 Å². The highest BCUT2D eigenvalue weighted by atomic mass is 32.2. The van der Waals surface area contributed by atoms with Gasteiger partial charge in [0.05, 0.1) is 21.6 Å². The summed E-state index contributed by atoms with van der Waals surface area (Å²) in [6, 6.07) is 6.12. The average molecular weight is 339 g/mol. The highest BCUT2D eigenvalue weighted by Crippen LogP contribution is 2.24. The summed E-state index contributed by atoms with van der Waals surface area (Å²) >= 11 is 0. The smallest absolute Gasteiger partial charge is 0.308 e. The highest BCUT2D eigenvalue weighted by molar-refractivity contribution is 7.92. The number of hydrogen-bond donors (Lipinski definition) is 1. The molecule has 1 unspecified atom stereocenters. The Morgan fingerprint density at radius 2 is 1.91 bits per heavy atom. The maximum absolute atomic E-state index is 12.7. The van der Waals surface area contributed by atoms with Crippen LogP contribution in [0.15, 0.2) is 29.2 Å². The second kappa shape index (κ2) is 6.70. The van der Waals surface area contributed by atoms with E-state index >= 15 is 0 Å². The van der Waals surface area contributed by atoms with E-state index < -0.39 is 32.9 Å². The number of rotatable bonds is 4. The Hall–Kier alpha value is -1.89. The maximum atomic E-state index is 12.7. The molecule has 0 aliphatic carbocycles. The third kappa shape index (κ3) is 3.55. The van der Waals surface area contributed by atoms with Crippen molar-refractivity contribution in [1.29, 1.82) is 0 Å². The molecule has 6 nitrogen and oxygen atoms in total. The van der Waals surface area contributed by atoms with Crippen LogP contribution < -0.4 is 0 Å². The van der Waals surface area contributed by atoms with E-state index in [9.17, 15) is 18.0 Å². The van der Waals surface area contributed by atoms with Gasteiger partial charge < -0.3 is 10.0 Å². The molecule has 7 heteroatoms. The normalized spacial score (nSPS) is 18.9. The Morgan fingerprint density at radius 1 is 1.26 bits per heavy atom. The molecule has 126 valence electrons. The number of carboxylic acid groups (broad SMARTS) is 1. The average Bonchev–Trinajstić information content (AvgIpc) is 2.54. The second-order valence-electron chi connectivity index (χ2n) is 6.02. The van der Waals surface area contributed by atoms with E-state index in [1.807, 2.05) is 0 Å². The standard InChI is InChI=1S/C16H21NO5S/c1-11(2)23(21,22)14-8-4-3-7-13(14)15(18)17-9-5-6-12(10-17)16(19)20/h3-4,7-8,11-12H,5-6,9-10H2,1-2H3,(H,19,20). The van der Waals surface area contributed by atoms with E-state index in [0.717, 1.165) is 0 Å². The van der Waals surface area contributed by atoms with Crippen molar-refractivity contribution in [1.82, 2.24) is 4.90 Å². The van der Waals surface area contributed by atoms with Gasteiger partial charge in [-0.15, -0.1) is 0 Å². The predicted octanol–water partition coefficient (Wildman–Crippen LogP) is 1.81. The molecule has 1 amide bonds. The fourth-order valence-electron chi connectivity index (χ4n) is 2.68. The minimum atomic E-state index is -3.58. The first-order valence-electron chi connectivity index (χ1n) is 7.60. The highest BCUT2D eigenvalue weighted by Gasteiger charge is 2.32. The Kier molecular flexibility index (Phi) is 5.09. The van der Waals surface area contributed by atoms with Gasteiger partial charge in [0.1, 0.15) is 0 Å². The fraction of sp³-hybridized carbons (Fsp3) is 0.500. The molecule has 0 spiro atoms. The van der Waals surface area contributed by atoms with Gasteiger partial charge in [-0.25, -0.2) is 8.42 Å². The van der Waals surface area contributed by atoms with Gasteiger partial charge in [-0.05, 0) is 38.8 Å². The number of likely N-dealkylation sites (tertiary alicyclic amines) is 1. The molecule has 0 bridgehead atoms. The third-order valence-electron chi connectivity index (χ3n) is 4.10. The van der Waals surface area contributed by atoms with Crippen LogP contribution in [0, 0.1) is 5.92 Å². The molecule has 0 radical (unpaired) electrons. The maximum Gasteiger partial charge on any atom is 0.308 e.